The van der Waals surface area contributed by atoms with Crippen LogP contribution in [0.15, 0.2) is 48.5 Å². The zero-order valence-electron chi connectivity index (χ0n) is 16.5. The van der Waals surface area contributed by atoms with E-state index in [1.807, 2.05) is 0 Å². The van der Waals surface area contributed by atoms with Crippen molar-refractivity contribution in [2.75, 3.05) is 18.2 Å². The van der Waals surface area contributed by atoms with Crippen molar-refractivity contribution in [1.29, 1.82) is 0 Å². The number of carbonyl (C=O) groups is 2. The Labute approximate surface area is 173 Å². The Morgan fingerprint density at radius 1 is 0.967 bits per heavy atom. The first-order valence-corrected chi connectivity index (χ1v) is 10.3. The van der Waals surface area contributed by atoms with E-state index in [0.29, 0.717) is 37.2 Å². The molecule has 0 bridgehead atoms. The zero-order chi connectivity index (χ0) is 20.9. The summed E-state index contributed by atoms with van der Waals surface area (Å²) >= 11 is 0. The second-order valence-electron chi connectivity index (χ2n) is 8.63. The van der Waals surface area contributed by atoms with E-state index in [-0.39, 0.29) is 24.1 Å². The summed E-state index contributed by atoms with van der Waals surface area (Å²) in [6.07, 6.45) is 2.52. The molecule has 5 rings (SSSR count). The summed E-state index contributed by atoms with van der Waals surface area (Å²) in [5.74, 6) is -0.354. The number of Topliss-reactive ketones (excluding diaryl/α,β-unsaturated/α-hetero) is 1. The lowest BCUT2D eigenvalue weighted by molar-refractivity contribution is 0.0803. The van der Waals surface area contributed by atoms with Gasteiger partial charge in [-0.3, -0.25) is 4.79 Å². The van der Waals surface area contributed by atoms with Gasteiger partial charge >= 0.3 is 6.03 Å². The lowest BCUT2D eigenvalue weighted by Gasteiger charge is -2.47. The first-order valence-electron chi connectivity index (χ1n) is 10.3. The highest BCUT2D eigenvalue weighted by atomic mass is 19.2. The number of urea groups is 1. The highest BCUT2D eigenvalue weighted by molar-refractivity contribution is 6.04. The van der Waals surface area contributed by atoms with Crippen LogP contribution < -0.4 is 10.4 Å². The molecule has 2 aromatic rings. The van der Waals surface area contributed by atoms with E-state index in [1.165, 1.54) is 12.1 Å². The molecule has 2 aliphatic heterocycles. The van der Waals surface area contributed by atoms with Gasteiger partial charge in [0.1, 0.15) is 5.82 Å². The van der Waals surface area contributed by atoms with Crippen molar-refractivity contribution in [1.82, 2.24) is 10.2 Å². The molecular formula is C23H23F2N3O2. The van der Waals surface area contributed by atoms with Gasteiger partial charge in [-0.15, -0.1) is 0 Å². The fourth-order valence-electron chi connectivity index (χ4n) is 4.76. The third-order valence-corrected chi connectivity index (χ3v) is 6.80. The van der Waals surface area contributed by atoms with E-state index in [2.05, 4.69) is 5.32 Å². The van der Waals surface area contributed by atoms with Crippen molar-refractivity contribution >= 4 is 17.5 Å². The summed E-state index contributed by atoms with van der Waals surface area (Å²) < 4.78 is 28.5. The molecule has 0 radical (unpaired) electrons. The van der Waals surface area contributed by atoms with Crippen LogP contribution in [0.25, 0.3) is 0 Å². The van der Waals surface area contributed by atoms with Gasteiger partial charge in [0, 0.05) is 25.1 Å². The van der Waals surface area contributed by atoms with Gasteiger partial charge in [-0.25, -0.2) is 14.3 Å². The average molecular weight is 411 g/mol. The average Bonchev–Trinajstić information content (AvgIpc) is 3.53. The molecule has 2 amide bonds. The molecular weight excluding hydrogens is 388 g/mol. The number of benzene rings is 2. The van der Waals surface area contributed by atoms with Gasteiger partial charge in [0.25, 0.3) is 0 Å². The van der Waals surface area contributed by atoms with Crippen LogP contribution in [0.4, 0.5) is 19.4 Å². The zero-order valence-corrected chi connectivity index (χ0v) is 16.5. The monoisotopic (exact) mass is 411 g/mol. The van der Waals surface area contributed by atoms with Gasteiger partial charge in [-0.2, -0.15) is 0 Å². The van der Waals surface area contributed by atoms with E-state index in [4.69, 9.17) is 0 Å². The van der Waals surface area contributed by atoms with Gasteiger partial charge in [0.15, 0.2) is 5.78 Å². The summed E-state index contributed by atoms with van der Waals surface area (Å²) in [6, 6.07) is 12.8. The fraction of sp³-hybridized carbons (Fsp3) is 0.391. The van der Waals surface area contributed by atoms with Crippen molar-refractivity contribution in [3.63, 3.8) is 0 Å². The maximum Gasteiger partial charge on any atom is 0.318 e. The molecule has 2 heterocycles. The van der Waals surface area contributed by atoms with Crippen molar-refractivity contribution in [2.24, 2.45) is 0 Å². The third kappa shape index (κ3) is 3.04. The van der Waals surface area contributed by atoms with Crippen molar-refractivity contribution < 1.29 is 18.5 Å². The summed E-state index contributed by atoms with van der Waals surface area (Å²) in [4.78, 5) is 27.1. The number of rotatable bonds is 2. The van der Waals surface area contributed by atoms with Crippen molar-refractivity contribution in [3.8, 4) is 0 Å². The largest absolute Gasteiger partial charge is 0.328 e. The third-order valence-electron chi connectivity index (χ3n) is 6.80. The molecule has 1 saturated carbocycles. The summed E-state index contributed by atoms with van der Waals surface area (Å²) in [5.41, 5.74) is 0.304. The van der Waals surface area contributed by atoms with E-state index in [1.54, 1.807) is 41.3 Å². The van der Waals surface area contributed by atoms with Crippen LogP contribution in [0.2, 0.25) is 0 Å². The summed E-state index contributed by atoms with van der Waals surface area (Å²) in [5, 5.41) is 3.84. The fourth-order valence-corrected chi connectivity index (χ4v) is 4.76. The van der Waals surface area contributed by atoms with Crippen LogP contribution >= 0.6 is 0 Å². The number of halogens is 2. The Balaban J connectivity index is 1.27. The topological polar surface area (TPSA) is 52.7 Å². The van der Waals surface area contributed by atoms with Crippen LogP contribution in [0.1, 0.15) is 48.0 Å². The minimum atomic E-state index is -0.892. The van der Waals surface area contributed by atoms with E-state index in [9.17, 15) is 14.0 Å². The number of hydrogen-bond acceptors (Lipinski definition) is 3. The first-order chi connectivity index (χ1) is 14.4. The molecule has 1 spiro atoms. The second kappa shape index (κ2) is 6.79. The number of carbonyl (C=O) groups excluding carboxylic acids is 2. The number of piperidine rings is 1. The van der Waals surface area contributed by atoms with Gasteiger partial charge in [-0.05, 0) is 55.5 Å². The number of nitrogens with zero attached hydrogens (tertiary/aromatic N) is 2. The van der Waals surface area contributed by atoms with Crippen LogP contribution in [-0.4, -0.2) is 35.3 Å². The number of hydrogen-bond donors (Lipinski definition) is 1. The quantitative estimate of drug-likeness (QED) is 0.748. The number of amides is 2. The molecule has 1 N–H and O–H groups in total. The summed E-state index contributed by atoms with van der Waals surface area (Å²) in [7, 11) is 0. The lowest BCUT2D eigenvalue weighted by atomic mass is 9.78. The number of ketones is 1. The molecule has 2 fully saturated rings. The minimum Gasteiger partial charge on any atom is -0.328 e. The lowest BCUT2D eigenvalue weighted by Crippen LogP contribution is -2.58. The highest BCUT2D eigenvalue weighted by Crippen LogP contribution is 2.46. The van der Waals surface area contributed by atoms with E-state index < -0.39 is 11.1 Å². The van der Waals surface area contributed by atoms with Crippen LogP contribution in [0.5, 0.6) is 0 Å². The maximum atomic E-state index is 15.3. The molecule has 2 aromatic carbocycles. The van der Waals surface area contributed by atoms with Crippen LogP contribution in [0, 0.1) is 5.82 Å². The van der Waals surface area contributed by atoms with Crippen LogP contribution in [-0.2, 0) is 5.54 Å². The first kappa shape index (κ1) is 19.0. The molecule has 0 aromatic heterocycles. The predicted octanol–water partition coefficient (Wildman–Crippen LogP) is 4.34. The molecule has 7 heteroatoms. The minimum absolute atomic E-state index is 0.0503. The SMILES string of the molecule is O=C1CC2(CCN(C(=O)NC3(c4ccc(F)cc4)CC3)CC2)N(F)c2ccccc21. The Bertz CT molecular complexity index is 996. The van der Waals surface area contributed by atoms with Crippen molar-refractivity contribution in [2.45, 2.75) is 43.2 Å². The maximum absolute atomic E-state index is 15.3. The number of anilines is 1. The Morgan fingerprint density at radius 2 is 1.63 bits per heavy atom. The van der Waals surface area contributed by atoms with Gasteiger partial charge in [0.2, 0.25) is 0 Å². The molecule has 5 nitrogen and oxygen atoms in total. The second-order valence-corrected chi connectivity index (χ2v) is 8.63. The summed E-state index contributed by atoms with van der Waals surface area (Å²) in [6.45, 7) is 0.752. The van der Waals surface area contributed by atoms with E-state index in [0.717, 1.165) is 23.5 Å². The molecule has 0 atom stereocenters. The number of likely N-dealkylation sites (tertiary alicyclic amines) is 1. The number of nitrogens with one attached hydrogen (secondary N) is 1. The molecule has 1 aliphatic carbocycles. The standard InChI is InChI=1S/C23H23F2N3O2/c24-17-7-5-16(6-8-17)23(9-10-23)26-21(30)27-13-11-22(12-14-27)15-20(29)18-3-1-2-4-19(18)28(22)25/h1-8H,9-15H2,(H,26,30). The van der Waals surface area contributed by atoms with Crippen LogP contribution in [0.3, 0.4) is 0 Å². The normalized spacial score (nSPS) is 21.3. The smallest absolute Gasteiger partial charge is 0.318 e. The number of para-hydroxylation sites is 1. The molecule has 1 saturated heterocycles. The van der Waals surface area contributed by atoms with Crippen molar-refractivity contribution in [3.05, 3.63) is 65.5 Å². The van der Waals surface area contributed by atoms with Gasteiger partial charge in [-0.1, -0.05) is 28.7 Å². The molecule has 0 unspecified atom stereocenters. The number of fused-ring (bicyclic) bond motifs is 1. The van der Waals surface area contributed by atoms with Gasteiger partial charge in [0.05, 0.1) is 16.8 Å². The molecule has 3 aliphatic rings. The predicted molar refractivity (Wildman–Crippen MR) is 108 cm³/mol. The Hall–Kier alpha value is -2.96. The highest BCUT2D eigenvalue weighted by Gasteiger charge is 2.50. The Kier molecular flexibility index (Phi) is 4.31. The van der Waals surface area contributed by atoms with Gasteiger partial charge < -0.3 is 10.2 Å². The molecule has 30 heavy (non-hydrogen) atoms. The van der Waals surface area contributed by atoms with E-state index >= 15 is 4.48 Å². The Morgan fingerprint density at radius 3 is 2.30 bits per heavy atom. The molecule has 156 valence electrons.